The molecule has 1 aliphatic carbocycles. The molecule has 26 heavy (non-hydrogen) atoms. The van der Waals surface area contributed by atoms with E-state index in [-0.39, 0.29) is 0 Å². The molecule has 2 aliphatic rings. The van der Waals surface area contributed by atoms with Gasteiger partial charge in [-0.3, -0.25) is 14.9 Å². The van der Waals surface area contributed by atoms with Crippen LogP contribution in [0, 0.1) is 6.92 Å². The van der Waals surface area contributed by atoms with Gasteiger partial charge in [0.1, 0.15) is 5.66 Å². The van der Waals surface area contributed by atoms with Gasteiger partial charge in [-0.1, -0.05) is 18.2 Å². The lowest BCUT2D eigenvalue weighted by atomic mass is 9.78. The van der Waals surface area contributed by atoms with Crippen LogP contribution in [0.5, 0.6) is 0 Å². The molecule has 0 bridgehead atoms. The molecule has 132 valence electrons. The minimum absolute atomic E-state index is 0.369. The molecule has 0 amide bonds. The van der Waals surface area contributed by atoms with Crippen molar-refractivity contribution in [2.24, 2.45) is 10.7 Å². The topological polar surface area (TPSA) is 81.1 Å². The van der Waals surface area contributed by atoms with E-state index in [2.05, 4.69) is 40.0 Å². The number of hydrogen-bond acceptors (Lipinski definition) is 5. The number of nitrogens with zero attached hydrogens (tertiary/aromatic N) is 4. The summed E-state index contributed by atoms with van der Waals surface area (Å²) in [5.74, 6) is 1.61. The van der Waals surface area contributed by atoms with E-state index in [0.717, 1.165) is 42.7 Å². The average molecular weight is 346 g/mol. The number of guanidine groups is 1. The average Bonchev–Trinajstić information content (AvgIpc) is 3.01. The van der Waals surface area contributed by atoms with Gasteiger partial charge in [-0.25, -0.2) is 9.98 Å². The number of benzene rings is 1. The highest BCUT2D eigenvalue weighted by molar-refractivity contribution is 5.94. The predicted molar refractivity (Wildman–Crippen MR) is 103 cm³/mol. The number of imidazole rings is 1. The molecule has 3 N–H and O–H groups in total. The van der Waals surface area contributed by atoms with Gasteiger partial charge in [0.05, 0.1) is 11.0 Å². The molecule has 5 rings (SSSR count). The van der Waals surface area contributed by atoms with Crippen molar-refractivity contribution in [3.63, 3.8) is 0 Å². The van der Waals surface area contributed by atoms with Gasteiger partial charge in [0.25, 0.3) is 0 Å². The predicted octanol–water partition coefficient (Wildman–Crippen LogP) is 3.49. The lowest BCUT2D eigenvalue weighted by Gasteiger charge is -2.42. The largest absolute Gasteiger partial charge is 0.370 e. The Bertz CT molecular complexity index is 1020. The van der Waals surface area contributed by atoms with Crippen molar-refractivity contribution in [3.05, 3.63) is 53.9 Å². The normalized spacial score (nSPS) is 25.0. The molecular formula is C20H22N6. The Labute approximate surface area is 152 Å². The molecule has 1 fully saturated rings. The van der Waals surface area contributed by atoms with Crippen LogP contribution in [0.1, 0.15) is 42.9 Å². The van der Waals surface area contributed by atoms with E-state index in [1.807, 2.05) is 24.4 Å². The van der Waals surface area contributed by atoms with Crippen LogP contribution >= 0.6 is 0 Å². The minimum Gasteiger partial charge on any atom is -0.370 e. The van der Waals surface area contributed by atoms with Crippen molar-refractivity contribution in [2.45, 2.75) is 44.2 Å². The molecule has 1 spiro atoms. The van der Waals surface area contributed by atoms with Gasteiger partial charge in [-0.05, 0) is 56.4 Å². The van der Waals surface area contributed by atoms with Crippen molar-refractivity contribution in [2.75, 3.05) is 5.32 Å². The number of aromatic nitrogens is 3. The fraction of sp³-hybridized carbons (Fsp3) is 0.350. The molecule has 0 unspecified atom stereocenters. The Morgan fingerprint density at radius 1 is 1.23 bits per heavy atom. The molecule has 1 saturated carbocycles. The molecule has 1 aromatic carbocycles. The van der Waals surface area contributed by atoms with Gasteiger partial charge in [0.15, 0.2) is 5.96 Å². The number of aliphatic imine (C=N–C) groups is 1. The Hall–Kier alpha value is -2.89. The number of anilines is 1. The van der Waals surface area contributed by atoms with E-state index in [9.17, 15) is 0 Å². The van der Waals surface area contributed by atoms with Crippen molar-refractivity contribution in [1.29, 1.82) is 0 Å². The number of para-hydroxylation sites is 2. The molecule has 6 nitrogen and oxygen atoms in total. The maximum Gasteiger partial charge on any atom is 0.212 e. The van der Waals surface area contributed by atoms with Crippen LogP contribution in [-0.4, -0.2) is 20.5 Å². The molecular weight excluding hydrogens is 324 g/mol. The third-order valence-electron chi connectivity index (χ3n) is 5.69. The first-order valence-corrected chi connectivity index (χ1v) is 9.18. The third kappa shape index (κ3) is 2.21. The Balaban J connectivity index is 1.66. The van der Waals surface area contributed by atoms with Gasteiger partial charge in [-0.15, -0.1) is 0 Å². The van der Waals surface area contributed by atoms with E-state index >= 15 is 0 Å². The van der Waals surface area contributed by atoms with Gasteiger partial charge in [0, 0.05) is 17.8 Å². The lowest BCUT2D eigenvalue weighted by Crippen LogP contribution is -2.44. The third-order valence-corrected chi connectivity index (χ3v) is 5.69. The fourth-order valence-electron chi connectivity index (χ4n) is 4.64. The van der Waals surface area contributed by atoms with Crippen molar-refractivity contribution >= 4 is 22.9 Å². The van der Waals surface area contributed by atoms with Gasteiger partial charge in [0.2, 0.25) is 5.95 Å². The van der Waals surface area contributed by atoms with Crippen molar-refractivity contribution in [1.82, 2.24) is 14.5 Å². The summed E-state index contributed by atoms with van der Waals surface area (Å²) in [5.41, 5.74) is 10.3. The number of nitrogens with one attached hydrogen (secondary N) is 1. The highest BCUT2D eigenvalue weighted by Gasteiger charge is 2.43. The van der Waals surface area contributed by atoms with E-state index in [1.165, 1.54) is 11.3 Å². The highest BCUT2D eigenvalue weighted by Crippen LogP contribution is 2.47. The standard InChI is InChI=1S/C20H22N6/c1-13-6-5-11-22-17(13)14-7-4-10-20(12-14)25-18(21)24-19-23-15-8-2-3-9-16(15)26(19)20/h2-3,5-6,8-9,11,14H,4,7,10,12H2,1H3,(H3,21,23,24,25)/t14-,20+/m0/s1. The monoisotopic (exact) mass is 346 g/mol. The van der Waals surface area contributed by atoms with E-state index in [4.69, 9.17) is 15.7 Å². The van der Waals surface area contributed by atoms with Gasteiger partial charge < -0.3 is 5.73 Å². The first kappa shape index (κ1) is 15.4. The van der Waals surface area contributed by atoms with Crippen molar-refractivity contribution in [3.8, 4) is 0 Å². The number of hydrogen-bond donors (Lipinski definition) is 2. The zero-order valence-corrected chi connectivity index (χ0v) is 14.8. The van der Waals surface area contributed by atoms with Crippen LogP contribution in [0.25, 0.3) is 11.0 Å². The van der Waals surface area contributed by atoms with Crippen LogP contribution in [-0.2, 0) is 5.66 Å². The first-order valence-electron chi connectivity index (χ1n) is 9.18. The SMILES string of the molecule is Cc1cccnc1[C@H]1CCC[C@@]2(C1)N=C(N)Nc1nc3ccccc3n12. The number of nitrogens with two attached hydrogens (primary N) is 1. The summed E-state index contributed by atoms with van der Waals surface area (Å²) in [4.78, 5) is 14.3. The second-order valence-electron chi connectivity index (χ2n) is 7.36. The second-order valence-corrected chi connectivity index (χ2v) is 7.36. The summed E-state index contributed by atoms with van der Waals surface area (Å²) in [6.45, 7) is 2.14. The van der Waals surface area contributed by atoms with Gasteiger partial charge in [-0.2, -0.15) is 0 Å². The first-order chi connectivity index (χ1) is 12.7. The molecule has 3 heterocycles. The zero-order valence-electron chi connectivity index (χ0n) is 14.8. The minimum atomic E-state index is -0.395. The molecule has 2 aromatic heterocycles. The molecule has 0 saturated heterocycles. The second kappa shape index (κ2) is 5.56. The lowest BCUT2D eigenvalue weighted by molar-refractivity contribution is 0.188. The summed E-state index contributed by atoms with van der Waals surface area (Å²) in [6, 6.07) is 12.4. The van der Waals surface area contributed by atoms with Crippen LogP contribution in [0.4, 0.5) is 5.95 Å². The van der Waals surface area contributed by atoms with E-state index < -0.39 is 5.66 Å². The van der Waals surface area contributed by atoms with Crippen LogP contribution in [0.3, 0.4) is 0 Å². The van der Waals surface area contributed by atoms with Crippen molar-refractivity contribution < 1.29 is 0 Å². The van der Waals surface area contributed by atoms with Crippen LogP contribution in [0.15, 0.2) is 47.6 Å². The Kier molecular flexibility index (Phi) is 3.29. The fourth-order valence-corrected chi connectivity index (χ4v) is 4.64. The zero-order chi connectivity index (χ0) is 17.7. The molecule has 3 aromatic rings. The summed E-state index contributed by atoms with van der Waals surface area (Å²) in [6.07, 6.45) is 5.96. The van der Waals surface area contributed by atoms with E-state index in [0.29, 0.717) is 11.9 Å². The van der Waals surface area contributed by atoms with E-state index in [1.54, 1.807) is 0 Å². The molecule has 2 atom stereocenters. The number of rotatable bonds is 1. The summed E-state index contributed by atoms with van der Waals surface area (Å²) in [5, 5.41) is 3.15. The number of pyridine rings is 1. The van der Waals surface area contributed by atoms with Crippen LogP contribution < -0.4 is 11.1 Å². The number of fused-ring (bicyclic) bond motifs is 4. The molecule has 1 aliphatic heterocycles. The molecule has 0 radical (unpaired) electrons. The Morgan fingerprint density at radius 2 is 2.12 bits per heavy atom. The van der Waals surface area contributed by atoms with Crippen LogP contribution in [0.2, 0.25) is 0 Å². The number of aryl methyl sites for hydroxylation is 1. The van der Waals surface area contributed by atoms with Gasteiger partial charge >= 0.3 is 0 Å². The maximum atomic E-state index is 6.16. The highest BCUT2D eigenvalue weighted by atomic mass is 15.4. The summed E-state index contributed by atoms with van der Waals surface area (Å²) < 4.78 is 2.25. The summed E-state index contributed by atoms with van der Waals surface area (Å²) in [7, 11) is 0. The summed E-state index contributed by atoms with van der Waals surface area (Å²) >= 11 is 0. The maximum absolute atomic E-state index is 6.16. The molecule has 6 heteroatoms. The Morgan fingerprint density at radius 3 is 3.00 bits per heavy atom. The quantitative estimate of drug-likeness (QED) is 0.707. The smallest absolute Gasteiger partial charge is 0.212 e.